The highest BCUT2D eigenvalue weighted by molar-refractivity contribution is 7.99. The van der Waals surface area contributed by atoms with Gasteiger partial charge >= 0.3 is 0 Å². The van der Waals surface area contributed by atoms with Crippen LogP contribution in [-0.4, -0.2) is 37.7 Å². The third-order valence-corrected chi connectivity index (χ3v) is 6.60. The molecule has 4 aromatic rings. The Morgan fingerprint density at radius 2 is 1.75 bits per heavy atom. The normalized spacial score (nSPS) is 10.8. The van der Waals surface area contributed by atoms with Crippen molar-refractivity contribution in [2.45, 2.75) is 23.4 Å². The molecule has 0 atom stereocenters. The van der Waals surface area contributed by atoms with Crippen molar-refractivity contribution in [1.82, 2.24) is 19.7 Å². The number of carbonyl (C=O) groups excluding carboxylic acids is 1. The fraction of sp³-hybridized carbons (Fsp3) is 0.167. The lowest BCUT2D eigenvalue weighted by atomic mass is 10.2. The van der Waals surface area contributed by atoms with Crippen LogP contribution in [0.3, 0.4) is 0 Å². The molecule has 2 aromatic carbocycles. The van der Waals surface area contributed by atoms with Gasteiger partial charge in [-0.15, -0.1) is 22.0 Å². The topological polar surface area (TPSA) is 72.7 Å². The van der Waals surface area contributed by atoms with Gasteiger partial charge in [0.25, 0.3) is 0 Å². The van der Waals surface area contributed by atoms with Crippen LogP contribution in [0, 0.1) is 6.92 Å². The minimum atomic E-state index is -0.0182. The summed E-state index contributed by atoms with van der Waals surface area (Å²) in [6.07, 6.45) is 5.86. The zero-order valence-corrected chi connectivity index (χ0v) is 19.5. The van der Waals surface area contributed by atoms with Gasteiger partial charge in [0.15, 0.2) is 11.0 Å². The number of pyridine rings is 1. The predicted molar refractivity (Wildman–Crippen MR) is 132 cm³/mol. The number of anilines is 1. The first-order valence-electron chi connectivity index (χ1n) is 10.1. The van der Waals surface area contributed by atoms with Gasteiger partial charge < -0.3 is 5.32 Å². The quantitative estimate of drug-likeness (QED) is 0.350. The number of hydrogen-bond acceptors (Lipinski definition) is 6. The molecule has 1 N–H and O–H groups in total. The molecule has 0 spiro atoms. The molecule has 0 fully saturated rings. The van der Waals surface area contributed by atoms with Crippen LogP contribution < -0.4 is 5.32 Å². The van der Waals surface area contributed by atoms with E-state index >= 15 is 0 Å². The summed E-state index contributed by atoms with van der Waals surface area (Å²) >= 11 is 3.14. The van der Waals surface area contributed by atoms with Gasteiger partial charge in [-0.2, -0.15) is 0 Å². The van der Waals surface area contributed by atoms with Crippen molar-refractivity contribution in [2.24, 2.45) is 0 Å². The van der Waals surface area contributed by atoms with Crippen LogP contribution in [0.4, 0.5) is 5.69 Å². The molecule has 0 aliphatic rings. The third-order valence-electron chi connectivity index (χ3n) is 4.87. The van der Waals surface area contributed by atoms with Crippen molar-refractivity contribution in [2.75, 3.05) is 17.3 Å². The highest BCUT2D eigenvalue weighted by Crippen LogP contribution is 2.30. The minimum Gasteiger partial charge on any atom is -0.325 e. The van der Waals surface area contributed by atoms with Gasteiger partial charge in [0.2, 0.25) is 5.91 Å². The summed E-state index contributed by atoms with van der Waals surface area (Å²) in [6.45, 7) is 2.07. The van der Waals surface area contributed by atoms with Gasteiger partial charge in [0.1, 0.15) is 0 Å². The van der Waals surface area contributed by atoms with E-state index in [1.807, 2.05) is 54.8 Å². The number of nitrogens with one attached hydrogen (secondary N) is 1. The summed E-state index contributed by atoms with van der Waals surface area (Å²) in [5, 5.41) is 12.7. The van der Waals surface area contributed by atoms with E-state index < -0.39 is 0 Å². The molecule has 0 aliphatic carbocycles. The number of amides is 1. The molecule has 0 saturated carbocycles. The number of para-hydroxylation sites is 2. The zero-order chi connectivity index (χ0) is 22.3. The van der Waals surface area contributed by atoms with E-state index in [1.54, 1.807) is 24.2 Å². The van der Waals surface area contributed by atoms with Crippen molar-refractivity contribution >= 4 is 35.1 Å². The lowest BCUT2D eigenvalue weighted by Gasteiger charge is -2.13. The summed E-state index contributed by atoms with van der Waals surface area (Å²) in [5.74, 6) is 1.33. The molecule has 0 unspecified atom stereocenters. The molecule has 0 saturated heterocycles. The first-order valence-corrected chi connectivity index (χ1v) is 12.4. The predicted octanol–water partition coefficient (Wildman–Crippen LogP) is 5.48. The number of nitrogens with zero attached hydrogens (tertiary/aromatic N) is 4. The number of benzene rings is 2. The molecular formula is C24H23N5OS2. The van der Waals surface area contributed by atoms with Crippen molar-refractivity contribution in [3.63, 3.8) is 0 Å². The van der Waals surface area contributed by atoms with Crippen molar-refractivity contribution in [3.05, 3.63) is 78.6 Å². The molecule has 0 aliphatic heterocycles. The van der Waals surface area contributed by atoms with Crippen LogP contribution in [0.5, 0.6) is 0 Å². The van der Waals surface area contributed by atoms with Crippen LogP contribution >= 0.6 is 23.5 Å². The first kappa shape index (κ1) is 22.1. The van der Waals surface area contributed by atoms with E-state index in [4.69, 9.17) is 0 Å². The van der Waals surface area contributed by atoms with E-state index in [2.05, 4.69) is 44.1 Å². The summed E-state index contributed by atoms with van der Waals surface area (Å²) in [4.78, 5) is 17.7. The van der Waals surface area contributed by atoms with Gasteiger partial charge in [-0.3, -0.25) is 14.3 Å². The smallest absolute Gasteiger partial charge is 0.225 e. The third kappa shape index (κ3) is 5.03. The Bertz CT molecular complexity index is 1210. The summed E-state index contributed by atoms with van der Waals surface area (Å²) in [7, 11) is 0. The molecule has 0 radical (unpaired) electrons. The van der Waals surface area contributed by atoms with E-state index in [-0.39, 0.29) is 5.91 Å². The van der Waals surface area contributed by atoms with Crippen LogP contribution in [0.25, 0.3) is 17.1 Å². The van der Waals surface area contributed by atoms with Crippen molar-refractivity contribution in [3.8, 4) is 17.1 Å². The molecule has 6 nitrogen and oxygen atoms in total. The summed E-state index contributed by atoms with van der Waals surface area (Å²) in [5.41, 5.74) is 3.92. The van der Waals surface area contributed by atoms with E-state index in [1.165, 1.54) is 11.8 Å². The van der Waals surface area contributed by atoms with Crippen LogP contribution in [0.15, 0.2) is 83.1 Å². The Balaban J connectivity index is 1.52. The average molecular weight is 462 g/mol. The summed E-state index contributed by atoms with van der Waals surface area (Å²) < 4.78 is 2.05. The second-order valence-electron chi connectivity index (χ2n) is 7.01. The maximum Gasteiger partial charge on any atom is 0.225 e. The highest BCUT2D eigenvalue weighted by atomic mass is 32.2. The molecule has 2 heterocycles. The number of hydrogen-bond donors (Lipinski definition) is 1. The van der Waals surface area contributed by atoms with Crippen LogP contribution in [0.2, 0.25) is 0 Å². The Kier molecular flexibility index (Phi) is 7.24. The molecule has 8 heteroatoms. The number of thioether (sulfide) groups is 2. The fourth-order valence-electron chi connectivity index (χ4n) is 3.28. The molecule has 1 amide bonds. The second-order valence-corrected chi connectivity index (χ2v) is 8.92. The molecule has 4 rings (SSSR count). The Morgan fingerprint density at radius 1 is 1.00 bits per heavy atom. The maximum atomic E-state index is 12.5. The van der Waals surface area contributed by atoms with Gasteiger partial charge in [-0.25, -0.2) is 0 Å². The highest BCUT2D eigenvalue weighted by Gasteiger charge is 2.18. The molecule has 2 aromatic heterocycles. The van der Waals surface area contributed by atoms with Crippen molar-refractivity contribution < 1.29 is 4.79 Å². The molecule has 0 bridgehead atoms. The standard InChI is InChI=1S/C24H23N5OS2/c1-17-7-3-5-9-20(17)29-23(18-11-14-25-15-12-18)27-28-24(29)32-16-13-22(30)26-19-8-4-6-10-21(19)31-2/h3-12,14-15H,13,16H2,1-2H3,(H,26,30). The zero-order valence-electron chi connectivity index (χ0n) is 17.9. The number of aromatic nitrogens is 4. The fourth-order valence-corrected chi connectivity index (χ4v) is 4.71. The monoisotopic (exact) mass is 461 g/mol. The van der Waals surface area contributed by atoms with E-state index in [9.17, 15) is 4.79 Å². The largest absolute Gasteiger partial charge is 0.325 e. The van der Waals surface area contributed by atoms with Gasteiger partial charge in [-0.05, 0) is 49.1 Å². The van der Waals surface area contributed by atoms with E-state index in [0.29, 0.717) is 12.2 Å². The first-order chi connectivity index (χ1) is 15.7. The Morgan fingerprint density at radius 3 is 2.53 bits per heavy atom. The number of rotatable bonds is 8. The molecule has 162 valence electrons. The lowest BCUT2D eigenvalue weighted by Crippen LogP contribution is -2.13. The van der Waals surface area contributed by atoms with Gasteiger partial charge in [0, 0.05) is 35.0 Å². The Hall–Kier alpha value is -3.10. The average Bonchev–Trinajstić information content (AvgIpc) is 3.24. The molecular weight excluding hydrogens is 438 g/mol. The van der Waals surface area contributed by atoms with Gasteiger partial charge in [0.05, 0.1) is 11.4 Å². The van der Waals surface area contributed by atoms with E-state index in [0.717, 1.165) is 38.4 Å². The molecule has 32 heavy (non-hydrogen) atoms. The van der Waals surface area contributed by atoms with Crippen LogP contribution in [0.1, 0.15) is 12.0 Å². The van der Waals surface area contributed by atoms with Crippen LogP contribution in [-0.2, 0) is 4.79 Å². The Labute approximate surface area is 195 Å². The number of aryl methyl sites for hydroxylation is 1. The SMILES string of the molecule is CSc1ccccc1NC(=O)CCSc1nnc(-c2ccncc2)n1-c1ccccc1C. The minimum absolute atomic E-state index is 0.0182. The lowest BCUT2D eigenvalue weighted by molar-refractivity contribution is -0.115. The second kappa shape index (κ2) is 10.5. The van der Waals surface area contributed by atoms with Gasteiger partial charge in [-0.1, -0.05) is 42.1 Å². The maximum absolute atomic E-state index is 12.5. The number of carbonyl (C=O) groups is 1. The summed E-state index contributed by atoms with van der Waals surface area (Å²) in [6, 6.07) is 19.8. The van der Waals surface area contributed by atoms with Crippen molar-refractivity contribution in [1.29, 1.82) is 0 Å².